The summed E-state index contributed by atoms with van der Waals surface area (Å²) in [5.74, 6) is 0.505. The quantitative estimate of drug-likeness (QED) is 0.304. The summed E-state index contributed by atoms with van der Waals surface area (Å²) < 4.78 is 17.0. The van der Waals surface area contributed by atoms with Crippen molar-refractivity contribution in [3.63, 3.8) is 0 Å². The number of phenols is 1. The van der Waals surface area contributed by atoms with E-state index in [1.54, 1.807) is 30.3 Å². The zero-order valence-corrected chi connectivity index (χ0v) is 18.4. The molecular formula is C22H25BrO6. The Hall–Kier alpha value is -2.54. The van der Waals surface area contributed by atoms with Crippen LogP contribution < -0.4 is 9.47 Å². The molecule has 0 atom stereocenters. The third-order valence-corrected chi connectivity index (χ3v) is 4.93. The highest BCUT2D eigenvalue weighted by atomic mass is 79.9. The highest BCUT2D eigenvalue weighted by molar-refractivity contribution is 9.10. The Morgan fingerprint density at radius 3 is 2.38 bits per heavy atom. The van der Waals surface area contributed by atoms with E-state index in [1.807, 2.05) is 6.92 Å². The monoisotopic (exact) mass is 464 g/mol. The van der Waals surface area contributed by atoms with Gasteiger partial charge in [0, 0.05) is 12.0 Å². The number of ether oxygens (including phenoxy) is 3. The molecular weight excluding hydrogens is 440 g/mol. The molecule has 0 aliphatic heterocycles. The van der Waals surface area contributed by atoms with Crippen molar-refractivity contribution in [1.29, 1.82) is 0 Å². The van der Waals surface area contributed by atoms with Crippen LogP contribution in [0.3, 0.4) is 0 Å². The van der Waals surface area contributed by atoms with Crippen molar-refractivity contribution in [2.24, 2.45) is 0 Å². The minimum atomic E-state index is -0.428. The Kier molecular flexibility index (Phi) is 8.51. The highest BCUT2D eigenvalue weighted by Crippen LogP contribution is 2.33. The Labute approximate surface area is 178 Å². The Morgan fingerprint density at radius 2 is 1.76 bits per heavy atom. The van der Waals surface area contributed by atoms with Gasteiger partial charge in [-0.1, -0.05) is 13.3 Å². The molecule has 0 heterocycles. The van der Waals surface area contributed by atoms with Crippen LogP contribution in [0.2, 0.25) is 0 Å². The number of esters is 1. The average Bonchev–Trinajstić information content (AvgIpc) is 2.70. The van der Waals surface area contributed by atoms with E-state index < -0.39 is 5.97 Å². The number of carbonyl (C=O) groups excluding carboxylic acids is 2. The van der Waals surface area contributed by atoms with Gasteiger partial charge in [-0.3, -0.25) is 4.79 Å². The zero-order valence-electron chi connectivity index (χ0n) is 16.8. The van der Waals surface area contributed by atoms with Crippen LogP contribution in [0.1, 0.15) is 53.0 Å². The molecule has 2 aromatic carbocycles. The van der Waals surface area contributed by atoms with Gasteiger partial charge in [-0.25, -0.2) is 4.79 Å². The Morgan fingerprint density at radius 1 is 1.07 bits per heavy atom. The summed E-state index contributed by atoms with van der Waals surface area (Å²) in [5, 5.41) is 10.4. The smallest absolute Gasteiger partial charge is 0.337 e. The maximum atomic E-state index is 11.6. The van der Waals surface area contributed by atoms with E-state index in [9.17, 15) is 14.7 Å². The SMILES string of the molecule is CCCc1c(OCCCOc2cc(C(=O)OC)ccc2Br)ccc(C(C)=O)c1O. The first kappa shape index (κ1) is 22.7. The molecule has 0 saturated heterocycles. The van der Waals surface area contributed by atoms with Crippen molar-refractivity contribution < 1.29 is 28.9 Å². The molecule has 156 valence electrons. The van der Waals surface area contributed by atoms with Gasteiger partial charge in [0.1, 0.15) is 17.2 Å². The fourth-order valence-electron chi connectivity index (χ4n) is 2.81. The standard InChI is InChI=1S/C22H25BrO6/c1-4-6-17-19(10-8-16(14(2)24)21(17)25)28-11-5-12-29-20-13-15(22(26)27-3)7-9-18(20)23/h7-10,13,25H,4-6,11-12H2,1-3H3. The van der Waals surface area contributed by atoms with E-state index in [0.29, 0.717) is 54.2 Å². The maximum Gasteiger partial charge on any atom is 0.337 e. The molecule has 0 unspecified atom stereocenters. The van der Waals surface area contributed by atoms with E-state index in [2.05, 4.69) is 15.9 Å². The van der Waals surface area contributed by atoms with Crippen LogP contribution in [0.25, 0.3) is 0 Å². The lowest BCUT2D eigenvalue weighted by Gasteiger charge is -2.15. The summed E-state index contributed by atoms with van der Waals surface area (Å²) in [6.45, 7) is 4.18. The number of ketones is 1. The summed E-state index contributed by atoms with van der Waals surface area (Å²) in [6, 6.07) is 8.30. The second-order valence-electron chi connectivity index (χ2n) is 6.43. The molecule has 0 spiro atoms. The minimum absolute atomic E-state index is 0.00310. The normalized spacial score (nSPS) is 10.5. The number of Topliss-reactive ketones (excluding diaryl/α,β-unsaturated/α-hetero) is 1. The Bertz CT molecular complexity index is 878. The molecule has 0 bridgehead atoms. The lowest BCUT2D eigenvalue weighted by molar-refractivity contribution is 0.0600. The first-order valence-corrected chi connectivity index (χ1v) is 10.2. The van der Waals surface area contributed by atoms with Crippen molar-refractivity contribution in [1.82, 2.24) is 0 Å². The first-order valence-electron chi connectivity index (χ1n) is 9.38. The number of carbonyl (C=O) groups is 2. The van der Waals surface area contributed by atoms with Crippen LogP contribution >= 0.6 is 15.9 Å². The van der Waals surface area contributed by atoms with Crippen molar-refractivity contribution in [2.75, 3.05) is 20.3 Å². The molecule has 6 nitrogen and oxygen atoms in total. The van der Waals surface area contributed by atoms with Gasteiger partial charge in [-0.15, -0.1) is 0 Å². The number of phenolic OH excluding ortho intramolecular Hbond substituents is 1. The van der Waals surface area contributed by atoms with Crippen LogP contribution in [0.5, 0.6) is 17.2 Å². The number of hydrogen-bond acceptors (Lipinski definition) is 6. The lowest BCUT2D eigenvalue weighted by atomic mass is 10.0. The molecule has 0 amide bonds. The topological polar surface area (TPSA) is 82.1 Å². The third-order valence-electron chi connectivity index (χ3n) is 4.28. The Balaban J connectivity index is 1.95. The van der Waals surface area contributed by atoms with Crippen LogP contribution in [-0.4, -0.2) is 37.2 Å². The molecule has 2 rings (SSSR count). The number of methoxy groups -OCH3 is 1. The predicted octanol–water partition coefficient (Wildman–Crippen LogP) is 4.94. The number of benzene rings is 2. The fourth-order valence-corrected chi connectivity index (χ4v) is 3.17. The predicted molar refractivity (Wildman–Crippen MR) is 113 cm³/mol. The number of aromatic hydroxyl groups is 1. The molecule has 0 aromatic heterocycles. The summed E-state index contributed by atoms with van der Waals surface area (Å²) in [7, 11) is 1.33. The largest absolute Gasteiger partial charge is 0.507 e. The zero-order chi connectivity index (χ0) is 21.4. The maximum absolute atomic E-state index is 11.6. The van der Waals surface area contributed by atoms with Crippen LogP contribution in [0.4, 0.5) is 0 Å². The van der Waals surface area contributed by atoms with E-state index in [1.165, 1.54) is 14.0 Å². The summed E-state index contributed by atoms with van der Waals surface area (Å²) in [6.07, 6.45) is 2.03. The molecule has 0 saturated carbocycles. The molecule has 0 aliphatic rings. The van der Waals surface area contributed by atoms with Gasteiger partial charge in [-0.2, -0.15) is 0 Å². The average molecular weight is 465 g/mol. The molecule has 7 heteroatoms. The van der Waals surface area contributed by atoms with Gasteiger partial charge in [-0.05, 0) is 59.6 Å². The van der Waals surface area contributed by atoms with E-state index in [0.717, 1.165) is 10.9 Å². The molecule has 0 fully saturated rings. The van der Waals surface area contributed by atoms with E-state index in [4.69, 9.17) is 14.2 Å². The summed E-state index contributed by atoms with van der Waals surface area (Å²) in [5.41, 5.74) is 1.36. The highest BCUT2D eigenvalue weighted by Gasteiger charge is 2.16. The third kappa shape index (κ3) is 5.97. The second-order valence-corrected chi connectivity index (χ2v) is 7.29. The van der Waals surface area contributed by atoms with Crippen molar-refractivity contribution in [3.8, 4) is 17.2 Å². The van der Waals surface area contributed by atoms with Crippen molar-refractivity contribution in [3.05, 3.63) is 51.5 Å². The summed E-state index contributed by atoms with van der Waals surface area (Å²) in [4.78, 5) is 23.3. The number of halogens is 1. The lowest BCUT2D eigenvalue weighted by Crippen LogP contribution is -2.08. The van der Waals surface area contributed by atoms with Gasteiger partial charge < -0.3 is 19.3 Å². The van der Waals surface area contributed by atoms with Crippen LogP contribution in [-0.2, 0) is 11.2 Å². The molecule has 29 heavy (non-hydrogen) atoms. The fraction of sp³-hybridized carbons (Fsp3) is 0.364. The van der Waals surface area contributed by atoms with E-state index in [-0.39, 0.29) is 11.5 Å². The second kappa shape index (κ2) is 10.9. The van der Waals surface area contributed by atoms with Crippen LogP contribution in [0, 0.1) is 0 Å². The van der Waals surface area contributed by atoms with Crippen LogP contribution in [0.15, 0.2) is 34.8 Å². The molecule has 1 N–H and O–H groups in total. The number of hydrogen-bond donors (Lipinski definition) is 1. The van der Waals surface area contributed by atoms with Gasteiger partial charge >= 0.3 is 5.97 Å². The molecule has 0 radical (unpaired) electrons. The first-order chi connectivity index (χ1) is 13.9. The number of rotatable bonds is 10. The molecule has 2 aromatic rings. The summed E-state index contributed by atoms with van der Waals surface area (Å²) >= 11 is 3.40. The minimum Gasteiger partial charge on any atom is -0.507 e. The van der Waals surface area contributed by atoms with Crippen molar-refractivity contribution >= 4 is 27.7 Å². The van der Waals surface area contributed by atoms with Crippen molar-refractivity contribution in [2.45, 2.75) is 33.1 Å². The van der Waals surface area contributed by atoms with Gasteiger partial charge in [0.05, 0.1) is 35.9 Å². The van der Waals surface area contributed by atoms with Gasteiger partial charge in [0.25, 0.3) is 0 Å². The van der Waals surface area contributed by atoms with E-state index >= 15 is 0 Å². The van der Waals surface area contributed by atoms with Gasteiger partial charge in [0.15, 0.2) is 5.78 Å². The molecule has 0 aliphatic carbocycles. The van der Waals surface area contributed by atoms with Gasteiger partial charge in [0.2, 0.25) is 0 Å².